The van der Waals surface area contributed by atoms with Crippen LogP contribution in [0.2, 0.25) is 0 Å². The Bertz CT molecular complexity index is 76.9. The van der Waals surface area contributed by atoms with E-state index in [2.05, 4.69) is 31.9 Å². The predicted octanol–water partition coefficient (Wildman–Crippen LogP) is 1.82. The van der Waals surface area contributed by atoms with Crippen LogP contribution in [0.4, 0.5) is 0 Å². The summed E-state index contributed by atoms with van der Waals surface area (Å²) in [6.07, 6.45) is 0.703. The minimum Gasteiger partial charge on any atom is -0.297 e. The minimum absolute atomic E-state index is 0.516. The highest BCUT2D eigenvalue weighted by atomic mass is 79.9. The Kier molecular flexibility index (Phi) is 3.78. The zero-order valence-corrected chi connectivity index (χ0v) is 5.99. The van der Waals surface area contributed by atoms with Crippen molar-refractivity contribution < 1.29 is 4.79 Å². The molecule has 0 aliphatic rings. The first kappa shape index (κ1) is 6.37. The molecule has 0 aromatic rings. The zero-order valence-electron chi connectivity index (χ0n) is 2.82. The average Bonchev–Trinajstić information content (AvgIpc) is 1.65. The largest absolute Gasteiger partial charge is 0.297 e. The molecule has 3 heteroatoms. The van der Waals surface area contributed by atoms with Gasteiger partial charge in [0.25, 0.3) is 0 Å². The third kappa shape index (κ3) is 2.60. The molecule has 0 bridgehead atoms. The van der Waals surface area contributed by atoms with Gasteiger partial charge < -0.3 is 0 Å². The quantitative estimate of drug-likeness (QED) is 0.480. The predicted molar refractivity (Wildman–Crippen MR) is 32.0 cm³/mol. The van der Waals surface area contributed by atoms with Crippen LogP contribution in [0.5, 0.6) is 0 Å². The first-order valence-corrected chi connectivity index (χ1v) is 2.93. The van der Waals surface area contributed by atoms with Gasteiger partial charge in [0.05, 0.1) is 4.48 Å². The fourth-order valence-electron chi connectivity index (χ4n) is 0.0257. The molecule has 0 aliphatic carbocycles. The normalized spacial score (nSPS) is 11.3. The van der Waals surface area contributed by atoms with Crippen molar-refractivity contribution in [1.29, 1.82) is 0 Å². The third-order valence-corrected chi connectivity index (χ3v) is 1.74. The van der Waals surface area contributed by atoms with E-state index in [0.717, 1.165) is 0 Å². The van der Waals surface area contributed by atoms with Crippen LogP contribution in [0.25, 0.3) is 0 Å². The highest BCUT2D eigenvalue weighted by molar-refractivity contribution is 9.14. The van der Waals surface area contributed by atoms with Crippen molar-refractivity contribution in [2.45, 2.75) is 0 Å². The van der Waals surface area contributed by atoms with E-state index in [1.165, 1.54) is 4.99 Å². The SMILES string of the molecule is O=CC(Br)=CBr. The van der Waals surface area contributed by atoms with E-state index in [0.29, 0.717) is 10.8 Å². The molecule has 0 N–H and O–H groups in total. The Labute approximate surface area is 52.7 Å². The molecule has 0 saturated heterocycles. The molecular weight excluding hydrogens is 212 g/mol. The maximum absolute atomic E-state index is 9.59. The molecule has 1 nitrogen and oxygen atoms in total. The van der Waals surface area contributed by atoms with Crippen molar-refractivity contribution in [3.05, 3.63) is 9.47 Å². The van der Waals surface area contributed by atoms with Crippen LogP contribution in [0.3, 0.4) is 0 Å². The smallest absolute Gasteiger partial charge is 0.157 e. The number of rotatable bonds is 1. The minimum atomic E-state index is 0.516. The summed E-state index contributed by atoms with van der Waals surface area (Å²) in [5.74, 6) is 0. The molecule has 0 atom stereocenters. The monoisotopic (exact) mass is 212 g/mol. The summed E-state index contributed by atoms with van der Waals surface area (Å²) in [4.78, 5) is 11.1. The lowest BCUT2D eigenvalue weighted by atomic mass is 10.7. The summed E-state index contributed by atoms with van der Waals surface area (Å²) in [5.41, 5.74) is 0. The molecule has 0 saturated carbocycles. The first-order chi connectivity index (χ1) is 2.81. The number of carbonyl (C=O) groups is 1. The van der Waals surface area contributed by atoms with E-state index in [9.17, 15) is 4.79 Å². The summed E-state index contributed by atoms with van der Waals surface area (Å²) in [6.45, 7) is 0. The van der Waals surface area contributed by atoms with Gasteiger partial charge in [0, 0.05) is 0 Å². The van der Waals surface area contributed by atoms with E-state index >= 15 is 0 Å². The molecule has 0 heterocycles. The van der Waals surface area contributed by atoms with Crippen LogP contribution >= 0.6 is 31.9 Å². The van der Waals surface area contributed by atoms with E-state index in [1.54, 1.807) is 0 Å². The summed E-state index contributed by atoms with van der Waals surface area (Å²) >= 11 is 5.86. The van der Waals surface area contributed by atoms with Crippen molar-refractivity contribution in [2.75, 3.05) is 0 Å². The molecular formula is C3H2Br2O. The number of hydrogen-bond acceptors (Lipinski definition) is 1. The van der Waals surface area contributed by atoms with Gasteiger partial charge in [0.15, 0.2) is 6.29 Å². The second-order valence-electron chi connectivity index (χ2n) is 0.612. The summed E-state index contributed by atoms with van der Waals surface area (Å²) in [6, 6.07) is 0. The van der Waals surface area contributed by atoms with Crippen molar-refractivity contribution in [1.82, 2.24) is 0 Å². The Morgan fingerprint density at radius 3 is 2.17 bits per heavy atom. The molecule has 0 aromatic carbocycles. The van der Waals surface area contributed by atoms with Crippen LogP contribution in [0.15, 0.2) is 9.47 Å². The maximum atomic E-state index is 9.59. The van der Waals surface area contributed by atoms with Gasteiger partial charge in [-0.2, -0.15) is 0 Å². The van der Waals surface area contributed by atoms with E-state index in [4.69, 9.17) is 0 Å². The highest BCUT2D eigenvalue weighted by Gasteiger charge is 1.76. The second-order valence-corrected chi connectivity index (χ2v) is 1.99. The van der Waals surface area contributed by atoms with Gasteiger partial charge in [0.1, 0.15) is 0 Å². The second kappa shape index (κ2) is 3.56. The highest BCUT2D eigenvalue weighted by Crippen LogP contribution is 2.01. The standard InChI is InChI=1S/C3H2Br2O/c4-1-3(5)2-6/h1-2H. The molecule has 0 radical (unpaired) electrons. The van der Waals surface area contributed by atoms with Gasteiger partial charge in [-0.15, -0.1) is 0 Å². The Balaban J connectivity index is 3.50. The molecule has 0 spiro atoms. The van der Waals surface area contributed by atoms with E-state index < -0.39 is 0 Å². The van der Waals surface area contributed by atoms with Gasteiger partial charge >= 0.3 is 0 Å². The molecule has 6 heavy (non-hydrogen) atoms. The Morgan fingerprint density at radius 2 is 2.17 bits per heavy atom. The maximum Gasteiger partial charge on any atom is 0.157 e. The lowest BCUT2D eigenvalue weighted by Gasteiger charge is -1.69. The fraction of sp³-hybridized carbons (Fsp3) is 0. The van der Waals surface area contributed by atoms with E-state index in [1.807, 2.05) is 0 Å². The summed E-state index contributed by atoms with van der Waals surface area (Å²) in [7, 11) is 0. The van der Waals surface area contributed by atoms with Gasteiger partial charge in [-0.3, -0.25) is 4.79 Å². The summed E-state index contributed by atoms with van der Waals surface area (Å²) < 4.78 is 0.516. The third-order valence-electron chi connectivity index (χ3n) is 0.217. The first-order valence-electron chi connectivity index (χ1n) is 1.22. The van der Waals surface area contributed by atoms with Crippen LogP contribution in [0, 0.1) is 0 Å². The van der Waals surface area contributed by atoms with Crippen LogP contribution in [-0.2, 0) is 4.79 Å². The van der Waals surface area contributed by atoms with Crippen molar-refractivity contribution in [3.63, 3.8) is 0 Å². The number of allylic oxidation sites excluding steroid dienone is 1. The molecule has 0 aliphatic heterocycles. The number of halogens is 2. The van der Waals surface area contributed by atoms with Crippen molar-refractivity contribution >= 4 is 38.1 Å². The molecule has 0 rings (SSSR count). The Morgan fingerprint density at radius 1 is 1.67 bits per heavy atom. The van der Waals surface area contributed by atoms with Gasteiger partial charge in [-0.05, 0) is 20.9 Å². The van der Waals surface area contributed by atoms with Gasteiger partial charge in [-0.25, -0.2) is 0 Å². The van der Waals surface area contributed by atoms with Gasteiger partial charge in [0.2, 0.25) is 0 Å². The lowest BCUT2D eigenvalue weighted by Crippen LogP contribution is -1.62. The average molecular weight is 214 g/mol. The summed E-state index contributed by atoms with van der Waals surface area (Å²) in [5, 5.41) is 0. The van der Waals surface area contributed by atoms with Crippen molar-refractivity contribution in [3.8, 4) is 0 Å². The van der Waals surface area contributed by atoms with Crippen molar-refractivity contribution in [2.24, 2.45) is 0 Å². The van der Waals surface area contributed by atoms with Crippen LogP contribution in [-0.4, -0.2) is 6.29 Å². The fourth-order valence-corrected chi connectivity index (χ4v) is 0.134. The van der Waals surface area contributed by atoms with E-state index in [-0.39, 0.29) is 0 Å². The lowest BCUT2D eigenvalue weighted by molar-refractivity contribution is -0.104. The Hall–Kier alpha value is 0.370. The van der Waals surface area contributed by atoms with Gasteiger partial charge in [-0.1, -0.05) is 15.9 Å². The molecule has 0 amide bonds. The number of aldehydes is 1. The molecule has 0 unspecified atom stereocenters. The van der Waals surface area contributed by atoms with Crippen LogP contribution < -0.4 is 0 Å². The molecule has 34 valence electrons. The number of carbonyl (C=O) groups excluding carboxylic acids is 1. The molecule has 0 aromatic heterocycles. The molecule has 0 fully saturated rings. The zero-order chi connectivity index (χ0) is 4.99. The van der Waals surface area contributed by atoms with Crippen LogP contribution in [0.1, 0.15) is 0 Å². The number of hydrogen-bond donors (Lipinski definition) is 0. The topological polar surface area (TPSA) is 17.1 Å².